The summed E-state index contributed by atoms with van der Waals surface area (Å²) in [5.74, 6) is -0.279. The maximum atomic E-state index is 10.3. The number of rotatable bonds is 9. The number of carbonyl (C=O) groups is 1. The van der Waals surface area contributed by atoms with Crippen LogP contribution in [0.2, 0.25) is 0 Å². The average molecular weight is 205 g/mol. The Morgan fingerprint density at radius 3 is 2.21 bits per heavy atom. The van der Waals surface area contributed by atoms with Crippen molar-refractivity contribution in [1.82, 2.24) is 5.32 Å². The number of ether oxygens (including phenoxy) is 3. The fraction of sp³-hybridized carbons (Fsp3) is 0.889. The van der Waals surface area contributed by atoms with E-state index in [2.05, 4.69) is 10.1 Å². The van der Waals surface area contributed by atoms with Crippen LogP contribution in [0.25, 0.3) is 0 Å². The molecule has 5 nitrogen and oxygen atoms in total. The lowest BCUT2D eigenvalue weighted by molar-refractivity contribution is -0.142. The van der Waals surface area contributed by atoms with Crippen molar-refractivity contribution >= 4 is 5.97 Å². The highest BCUT2D eigenvalue weighted by Crippen LogP contribution is 1.81. The van der Waals surface area contributed by atoms with Crippen LogP contribution in [0.15, 0.2) is 0 Å². The molecule has 0 saturated carbocycles. The maximum Gasteiger partial charge on any atom is 0.302 e. The SMILES string of the molecule is CNCCOCCOCCOC(C)=O. The van der Waals surface area contributed by atoms with E-state index in [1.807, 2.05) is 7.05 Å². The zero-order valence-corrected chi connectivity index (χ0v) is 8.88. The van der Waals surface area contributed by atoms with Gasteiger partial charge in [0.25, 0.3) is 0 Å². The van der Waals surface area contributed by atoms with E-state index < -0.39 is 0 Å². The van der Waals surface area contributed by atoms with Gasteiger partial charge in [-0.15, -0.1) is 0 Å². The number of carbonyl (C=O) groups excluding carboxylic acids is 1. The minimum absolute atomic E-state index is 0.279. The van der Waals surface area contributed by atoms with Crippen molar-refractivity contribution in [3.63, 3.8) is 0 Å². The first-order chi connectivity index (χ1) is 6.77. The lowest BCUT2D eigenvalue weighted by Crippen LogP contribution is -2.16. The van der Waals surface area contributed by atoms with Gasteiger partial charge in [0, 0.05) is 13.5 Å². The molecule has 0 aromatic carbocycles. The summed E-state index contributed by atoms with van der Waals surface area (Å²) >= 11 is 0. The van der Waals surface area contributed by atoms with Crippen LogP contribution in [-0.4, -0.2) is 52.6 Å². The fourth-order valence-corrected chi connectivity index (χ4v) is 0.741. The highest BCUT2D eigenvalue weighted by molar-refractivity contribution is 5.65. The molecule has 0 spiro atoms. The molecule has 5 heteroatoms. The Morgan fingerprint density at radius 1 is 1.07 bits per heavy atom. The molecule has 0 fully saturated rings. The Labute approximate surface area is 84.7 Å². The third kappa shape index (κ3) is 11.4. The number of esters is 1. The average Bonchev–Trinajstić information content (AvgIpc) is 2.15. The molecule has 0 atom stereocenters. The zero-order chi connectivity index (χ0) is 10.6. The van der Waals surface area contributed by atoms with Crippen LogP contribution in [0.1, 0.15) is 6.92 Å². The molecule has 0 heterocycles. The van der Waals surface area contributed by atoms with Crippen LogP contribution in [0.5, 0.6) is 0 Å². The first-order valence-corrected chi connectivity index (χ1v) is 4.71. The van der Waals surface area contributed by atoms with E-state index in [0.29, 0.717) is 33.0 Å². The van der Waals surface area contributed by atoms with Gasteiger partial charge in [-0.25, -0.2) is 0 Å². The van der Waals surface area contributed by atoms with Gasteiger partial charge in [0.15, 0.2) is 0 Å². The van der Waals surface area contributed by atoms with Crippen LogP contribution < -0.4 is 5.32 Å². The van der Waals surface area contributed by atoms with E-state index in [9.17, 15) is 4.79 Å². The van der Waals surface area contributed by atoms with E-state index in [0.717, 1.165) is 6.54 Å². The van der Waals surface area contributed by atoms with E-state index in [4.69, 9.17) is 9.47 Å². The quantitative estimate of drug-likeness (QED) is 0.417. The molecule has 0 aromatic heterocycles. The molecule has 0 aromatic rings. The molecule has 0 aliphatic heterocycles. The van der Waals surface area contributed by atoms with Crippen LogP contribution in [-0.2, 0) is 19.0 Å². The standard InChI is InChI=1S/C9H19NO4/c1-9(11)14-8-7-13-6-5-12-4-3-10-2/h10H,3-8H2,1-2H3. The predicted molar refractivity (Wildman–Crippen MR) is 52.2 cm³/mol. The first kappa shape index (κ1) is 13.4. The molecule has 0 aliphatic rings. The zero-order valence-electron chi connectivity index (χ0n) is 8.88. The van der Waals surface area contributed by atoms with Crippen LogP contribution in [0.4, 0.5) is 0 Å². The van der Waals surface area contributed by atoms with Crippen molar-refractivity contribution in [2.75, 3.05) is 46.6 Å². The summed E-state index contributed by atoms with van der Waals surface area (Å²) in [7, 11) is 1.87. The summed E-state index contributed by atoms with van der Waals surface area (Å²) in [6.45, 7) is 4.74. The minimum atomic E-state index is -0.279. The van der Waals surface area contributed by atoms with E-state index >= 15 is 0 Å². The van der Waals surface area contributed by atoms with Crippen molar-refractivity contribution in [3.05, 3.63) is 0 Å². The Balaban J connectivity index is 2.88. The van der Waals surface area contributed by atoms with Gasteiger partial charge in [0.05, 0.1) is 26.4 Å². The monoisotopic (exact) mass is 205 g/mol. The third-order valence-electron chi connectivity index (χ3n) is 1.40. The molecule has 84 valence electrons. The van der Waals surface area contributed by atoms with Crippen LogP contribution in [0, 0.1) is 0 Å². The first-order valence-electron chi connectivity index (χ1n) is 4.71. The summed E-state index contributed by atoms with van der Waals surface area (Å²) in [6, 6.07) is 0. The second-order valence-electron chi connectivity index (χ2n) is 2.67. The Morgan fingerprint density at radius 2 is 1.64 bits per heavy atom. The molecule has 0 bridgehead atoms. The summed E-state index contributed by atoms with van der Waals surface area (Å²) < 4.78 is 15.0. The molecule has 0 amide bonds. The van der Waals surface area contributed by atoms with Crippen molar-refractivity contribution in [1.29, 1.82) is 0 Å². The smallest absolute Gasteiger partial charge is 0.302 e. The van der Waals surface area contributed by atoms with Crippen molar-refractivity contribution in [2.24, 2.45) is 0 Å². The Hall–Kier alpha value is -0.650. The third-order valence-corrected chi connectivity index (χ3v) is 1.40. The number of hydrogen-bond acceptors (Lipinski definition) is 5. The van der Waals surface area contributed by atoms with Gasteiger partial charge < -0.3 is 19.5 Å². The number of nitrogens with one attached hydrogen (secondary N) is 1. The summed E-state index contributed by atoms with van der Waals surface area (Å²) in [4.78, 5) is 10.3. The Bertz CT molecular complexity index is 141. The summed E-state index contributed by atoms with van der Waals surface area (Å²) in [5.41, 5.74) is 0. The van der Waals surface area contributed by atoms with Crippen LogP contribution in [0.3, 0.4) is 0 Å². The highest BCUT2D eigenvalue weighted by Gasteiger charge is 1.92. The second-order valence-corrected chi connectivity index (χ2v) is 2.67. The van der Waals surface area contributed by atoms with Gasteiger partial charge in [-0.1, -0.05) is 0 Å². The van der Waals surface area contributed by atoms with E-state index in [1.165, 1.54) is 6.92 Å². The van der Waals surface area contributed by atoms with Gasteiger partial charge in [0.1, 0.15) is 6.61 Å². The van der Waals surface area contributed by atoms with Gasteiger partial charge in [-0.05, 0) is 7.05 Å². The lowest BCUT2D eigenvalue weighted by atomic mass is 10.6. The molecule has 0 saturated heterocycles. The number of hydrogen-bond donors (Lipinski definition) is 1. The normalized spacial score (nSPS) is 10.1. The minimum Gasteiger partial charge on any atom is -0.463 e. The fourth-order valence-electron chi connectivity index (χ4n) is 0.741. The summed E-state index contributed by atoms with van der Waals surface area (Å²) in [6.07, 6.45) is 0. The molecule has 0 aliphatic carbocycles. The maximum absolute atomic E-state index is 10.3. The van der Waals surface area contributed by atoms with Crippen molar-refractivity contribution in [2.45, 2.75) is 6.92 Å². The summed E-state index contributed by atoms with van der Waals surface area (Å²) in [5, 5.41) is 2.97. The number of likely N-dealkylation sites (N-methyl/N-ethyl adjacent to an activating group) is 1. The molecule has 0 radical (unpaired) electrons. The van der Waals surface area contributed by atoms with Gasteiger partial charge in [-0.3, -0.25) is 4.79 Å². The van der Waals surface area contributed by atoms with Crippen molar-refractivity contribution < 1.29 is 19.0 Å². The van der Waals surface area contributed by atoms with Gasteiger partial charge >= 0.3 is 5.97 Å². The lowest BCUT2D eigenvalue weighted by Gasteiger charge is -2.05. The van der Waals surface area contributed by atoms with Gasteiger partial charge in [0.2, 0.25) is 0 Å². The van der Waals surface area contributed by atoms with E-state index in [1.54, 1.807) is 0 Å². The molecular formula is C9H19NO4. The molecule has 0 rings (SSSR count). The molecule has 1 N–H and O–H groups in total. The van der Waals surface area contributed by atoms with Gasteiger partial charge in [-0.2, -0.15) is 0 Å². The van der Waals surface area contributed by atoms with E-state index in [-0.39, 0.29) is 5.97 Å². The second kappa shape index (κ2) is 10.4. The van der Waals surface area contributed by atoms with Crippen molar-refractivity contribution in [3.8, 4) is 0 Å². The predicted octanol–water partition coefficient (Wildman–Crippen LogP) is -0.198. The molecule has 14 heavy (non-hydrogen) atoms. The Kier molecular flexibility index (Phi) is 9.95. The molecular weight excluding hydrogens is 186 g/mol. The van der Waals surface area contributed by atoms with Crippen LogP contribution >= 0.6 is 0 Å². The molecule has 0 unspecified atom stereocenters. The topological polar surface area (TPSA) is 56.8 Å². The highest BCUT2D eigenvalue weighted by atomic mass is 16.6. The largest absolute Gasteiger partial charge is 0.463 e.